The lowest BCUT2D eigenvalue weighted by Crippen LogP contribution is -2.50. The highest BCUT2D eigenvalue weighted by Crippen LogP contribution is 2.52. The number of allylic oxidation sites excluding steroid dienone is 2. The van der Waals surface area contributed by atoms with Gasteiger partial charge in [-0.15, -0.1) is 12.4 Å². The molecule has 1 saturated carbocycles. The highest BCUT2D eigenvalue weighted by atomic mass is 35.5. The lowest BCUT2D eigenvalue weighted by molar-refractivity contribution is -0.141. The van der Waals surface area contributed by atoms with Crippen LogP contribution in [-0.2, 0) is 14.4 Å². The number of carbonyl (C=O) groups is 3. The third-order valence-electron chi connectivity index (χ3n) is 5.41. The Morgan fingerprint density at radius 1 is 1.25 bits per heavy atom. The Labute approximate surface area is 148 Å². The van der Waals surface area contributed by atoms with Crippen LogP contribution in [0.15, 0.2) is 12.2 Å². The first-order valence-corrected chi connectivity index (χ1v) is 8.28. The van der Waals surface area contributed by atoms with Crippen LogP contribution >= 0.6 is 12.4 Å². The molecule has 134 valence electrons. The minimum Gasteiger partial charge on any atom is -0.353 e. The van der Waals surface area contributed by atoms with Crippen LogP contribution in [-0.4, -0.2) is 41.8 Å². The van der Waals surface area contributed by atoms with Crippen LogP contribution in [0.5, 0.6) is 0 Å². The van der Waals surface area contributed by atoms with Crippen molar-refractivity contribution in [2.45, 2.75) is 33.2 Å². The summed E-state index contributed by atoms with van der Waals surface area (Å²) in [4.78, 5) is 38.3. The average Bonchev–Trinajstić information content (AvgIpc) is 3.14. The molecule has 3 rings (SSSR count). The first-order chi connectivity index (χ1) is 10.7. The van der Waals surface area contributed by atoms with Gasteiger partial charge in [0.15, 0.2) is 0 Å². The highest BCUT2D eigenvalue weighted by molar-refractivity contribution is 6.06. The van der Waals surface area contributed by atoms with Gasteiger partial charge in [-0.25, -0.2) is 0 Å². The van der Waals surface area contributed by atoms with E-state index in [-0.39, 0.29) is 72.3 Å². The van der Waals surface area contributed by atoms with Gasteiger partial charge in [0.1, 0.15) is 0 Å². The Balaban J connectivity index is 0.00000208. The first-order valence-electron chi connectivity index (χ1n) is 8.28. The van der Waals surface area contributed by atoms with Crippen molar-refractivity contribution >= 4 is 30.1 Å². The van der Waals surface area contributed by atoms with Crippen LogP contribution in [0.3, 0.4) is 0 Å². The molecular formula is C17H26ClN3O3. The quantitative estimate of drug-likeness (QED) is 0.573. The standard InChI is InChI=1S/C17H25N3O3.ClH/c1-17(2,3)13(18)14(21)19-6-7-20-15(22)11-9-4-5-10(8-9)12(11)16(20)23;/h4-5,9-13H,6-8,18H2,1-3H3,(H,19,21);1H/t9?,10?,11?,12?,13-;/m1./s1. The minimum absolute atomic E-state index is 0. The Hall–Kier alpha value is -1.40. The number of amides is 3. The van der Waals surface area contributed by atoms with Crippen molar-refractivity contribution in [2.75, 3.05) is 13.1 Å². The van der Waals surface area contributed by atoms with E-state index in [1.807, 2.05) is 20.8 Å². The number of halogens is 1. The molecule has 3 aliphatic rings. The van der Waals surface area contributed by atoms with Crippen LogP contribution in [0.1, 0.15) is 27.2 Å². The zero-order valence-electron chi connectivity index (χ0n) is 14.3. The number of nitrogens with zero attached hydrogens (tertiary/aromatic N) is 1. The van der Waals surface area contributed by atoms with Gasteiger partial charge >= 0.3 is 0 Å². The number of imide groups is 1. The van der Waals surface area contributed by atoms with Gasteiger partial charge in [0, 0.05) is 13.1 Å². The monoisotopic (exact) mass is 355 g/mol. The summed E-state index contributed by atoms with van der Waals surface area (Å²) in [5.41, 5.74) is 5.57. The summed E-state index contributed by atoms with van der Waals surface area (Å²) < 4.78 is 0. The fraction of sp³-hybridized carbons (Fsp3) is 0.706. The summed E-state index contributed by atoms with van der Waals surface area (Å²) in [6, 6.07) is -0.619. The van der Waals surface area contributed by atoms with Gasteiger partial charge in [-0.05, 0) is 23.7 Å². The smallest absolute Gasteiger partial charge is 0.237 e. The molecule has 2 aliphatic carbocycles. The van der Waals surface area contributed by atoms with Crippen molar-refractivity contribution in [1.29, 1.82) is 0 Å². The maximum Gasteiger partial charge on any atom is 0.237 e. The van der Waals surface area contributed by atoms with Gasteiger partial charge in [0.05, 0.1) is 17.9 Å². The van der Waals surface area contributed by atoms with E-state index in [4.69, 9.17) is 5.73 Å². The second-order valence-electron chi connectivity index (χ2n) is 7.96. The number of likely N-dealkylation sites (tertiary alicyclic amines) is 1. The zero-order valence-corrected chi connectivity index (χ0v) is 15.1. The number of carbonyl (C=O) groups excluding carboxylic acids is 3. The van der Waals surface area contributed by atoms with Crippen molar-refractivity contribution in [3.05, 3.63) is 12.2 Å². The van der Waals surface area contributed by atoms with Crippen LogP contribution in [0.2, 0.25) is 0 Å². The summed E-state index contributed by atoms with van der Waals surface area (Å²) in [5.74, 6) is -0.322. The van der Waals surface area contributed by atoms with Crippen molar-refractivity contribution < 1.29 is 14.4 Å². The fourth-order valence-electron chi connectivity index (χ4n) is 3.98. The van der Waals surface area contributed by atoms with Gasteiger partial charge in [-0.3, -0.25) is 19.3 Å². The van der Waals surface area contributed by atoms with E-state index >= 15 is 0 Å². The molecule has 3 N–H and O–H groups in total. The van der Waals surface area contributed by atoms with E-state index in [0.717, 1.165) is 6.42 Å². The topological polar surface area (TPSA) is 92.5 Å². The molecule has 24 heavy (non-hydrogen) atoms. The van der Waals surface area contributed by atoms with Crippen LogP contribution in [0.25, 0.3) is 0 Å². The zero-order chi connectivity index (χ0) is 16.9. The van der Waals surface area contributed by atoms with E-state index in [9.17, 15) is 14.4 Å². The van der Waals surface area contributed by atoms with Crippen molar-refractivity contribution in [2.24, 2.45) is 34.8 Å². The van der Waals surface area contributed by atoms with Crippen LogP contribution in [0.4, 0.5) is 0 Å². The van der Waals surface area contributed by atoms with E-state index in [0.29, 0.717) is 0 Å². The molecule has 0 radical (unpaired) electrons. The van der Waals surface area contributed by atoms with E-state index in [1.165, 1.54) is 4.90 Å². The van der Waals surface area contributed by atoms with Gasteiger partial charge in [0.2, 0.25) is 17.7 Å². The molecule has 0 aromatic heterocycles. The second kappa shape index (κ2) is 6.48. The maximum absolute atomic E-state index is 12.5. The minimum atomic E-state index is -0.619. The molecule has 1 saturated heterocycles. The third-order valence-corrected chi connectivity index (χ3v) is 5.41. The van der Waals surface area contributed by atoms with Gasteiger partial charge in [-0.2, -0.15) is 0 Å². The number of fused-ring (bicyclic) bond motifs is 5. The Morgan fingerprint density at radius 2 is 1.75 bits per heavy atom. The van der Waals surface area contributed by atoms with Crippen molar-refractivity contribution in [1.82, 2.24) is 10.2 Å². The van der Waals surface area contributed by atoms with Gasteiger partial charge < -0.3 is 11.1 Å². The number of nitrogens with two attached hydrogens (primary N) is 1. The molecule has 5 atom stereocenters. The molecule has 1 heterocycles. The van der Waals surface area contributed by atoms with E-state index in [2.05, 4.69) is 17.5 Å². The summed E-state index contributed by atoms with van der Waals surface area (Å²) >= 11 is 0. The predicted octanol–water partition coefficient (Wildman–Crippen LogP) is 0.705. The first kappa shape index (κ1) is 18.9. The molecule has 3 amide bonds. The highest BCUT2D eigenvalue weighted by Gasteiger charge is 2.58. The second-order valence-corrected chi connectivity index (χ2v) is 7.96. The predicted molar refractivity (Wildman–Crippen MR) is 92.1 cm³/mol. The maximum atomic E-state index is 12.5. The van der Waals surface area contributed by atoms with E-state index < -0.39 is 6.04 Å². The van der Waals surface area contributed by atoms with Crippen LogP contribution < -0.4 is 11.1 Å². The lowest BCUT2D eigenvalue weighted by Gasteiger charge is -2.26. The number of hydrogen-bond donors (Lipinski definition) is 2. The SMILES string of the molecule is CC(C)(C)[C@H](N)C(=O)NCCN1C(=O)C2C3C=CC(C3)C2C1=O.Cl. The molecule has 2 fully saturated rings. The molecular weight excluding hydrogens is 330 g/mol. The Bertz CT molecular complexity index is 554. The normalized spacial score (nSPS) is 31.9. The number of rotatable bonds is 4. The molecule has 2 bridgehead atoms. The average molecular weight is 356 g/mol. The van der Waals surface area contributed by atoms with Gasteiger partial charge in [0.25, 0.3) is 0 Å². The van der Waals surface area contributed by atoms with Crippen molar-refractivity contribution in [3.63, 3.8) is 0 Å². The number of nitrogens with one attached hydrogen (secondary N) is 1. The van der Waals surface area contributed by atoms with Gasteiger partial charge in [-0.1, -0.05) is 32.9 Å². The third kappa shape index (κ3) is 2.97. The lowest BCUT2D eigenvalue weighted by atomic mass is 9.85. The van der Waals surface area contributed by atoms with E-state index in [1.54, 1.807) is 0 Å². The molecule has 1 aliphatic heterocycles. The summed E-state index contributed by atoms with van der Waals surface area (Å²) in [7, 11) is 0. The molecule has 6 nitrogen and oxygen atoms in total. The molecule has 0 spiro atoms. The summed E-state index contributed by atoms with van der Waals surface area (Å²) in [6.07, 6.45) is 5.08. The molecule has 0 aromatic carbocycles. The fourth-order valence-corrected chi connectivity index (χ4v) is 3.98. The molecule has 0 aromatic rings. The summed E-state index contributed by atoms with van der Waals surface area (Å²) in [6.45, 7) is 6.17. The van der Waals surface area contributed by atoms with Crippen molar-refractivity contribution in [3.8, 4) is 0 Å². The Kier molecular flexibility index (Phi) is 5.11. The number of hydrogen-bond acceptors (Lipinski definition) is 4. The largest absolute Gasteiger partial charge is 0.353 e. The molecule has 4 unspecified atom stereocenters. The van der Waals surface area contributed by atoms with Crippen LogP contribution in [0, 0.1) is 29.1 Å². The molecule has 7 heteroatoms. The summed E-state index contributed by atoms with van der Waals surface area (Å²) in [5, 5.41) is 2.74. The Morgan fingerprint density at radius 3 is 2.21 bits per heavy atom.